The number of hydrogen-bond acceptors (Lipinski definition) is 17. The molecule has 58 heavy (non-hydrogen) atoms. The van der Waals surface area contributed by atoms with Crippen LogP contribution in [0.3, 0.4) is 0 Å². The van der Waals surface area contributed by atoms with Gasteiger partial charge in [-0.25, -0.2) is 15.0 Å². The van der Waals surface area contributed by atoms with Crippen molar-refractivity contribution >= 4 is 58.8 Å². The normalized spacial score (nSPS) is 19.4. The second kappa shape index (κ2) is 24.2. The van der Waals surface area contributed by atoms with E-state index in [0.717, 1.165) is 0 Å². The number of anilines is 1. The third-order valence-electron chi connectivity index (χ3n) is 8.89. The number of nitrogens with two attached hydrogens (primary N) is 4. The molecule has 25 nitrogen and oxygen atoms in total. The van der Waals surface area contributed by atoms with Crippen molar-refractivity contribution in [3.05, 3.63) is 12.7 Å². The zero-order valence-corrected chi connectivity index (χ0v) is 31.9. The van der Waals surface area contributed by atoms with E-state index in [0.29, 0.717) is 56.2 Å². The molecular weight excluding hydrogens is 766 g/mol. The van der Waals surface area contributed by atoms with Crippen molar-refractivity contribution in [2.75, 3.05) is 51.6 Å². The molecule has 2 aromatic rings. The van der Waals surface area contributed by atoms with E-state index < -0.39 is 91.9 Å². The number of guanidine groups is 1. The predicted molar refractivity (Wildman–Crippen MR) is 206 cm³/mol. The molecule has 0 spiro atoms. The number of carbonyl (C=O) groups is 6. The molecule has 0 saturated carbocycles. The molecule has 17 N–H and O–H groups in total. The topological polar surface area (TPSA) is 405 Å². The standard InChI is InChI=1S/C33H55N15O10/c34-8-2-1-5-19(30(56)38-11-12-49)46-23(52)14-42-31(57)20(47-22(51)13-41-29(55)18(35)15-50)6-3-9-39-33(37)40-10-4-7-21-25(53)26(54)32(58-21)48-17-45-24-27(36)43-16-44-28(24)48/h12,16-21,25-26,32,50,53-54H,1-11,13-15,34-35H2,(H,38,56)(H,41,55)(H,42,57)(H,46,52)(H,47,51)(H2,36,43,44)(H3,37,39,40)/t18-,19-,20-,21+,25+,26+,32+/m0/s1. The van der Waals surface area contributed by atoms with Crippen molar-refractivity contribution in [2.24, 2.45) is 22.2 Å². The highest BCUT2D eigenvalue weighted by atomic mass is 16.6. The van der Waals surface area contributed by atoms with Crippen LogP contribution in [0.4, 0.5) is 5.82 Å². The Morgan fingerprint density at radius 1 is 0.897 bits per heavy atom. The van der Waals surface area contributed by atoms with E-state index in [1.807, 2.05) is 0 Å². The summed E-state index contributed by atoms with van der Waals surface area (Å²) < 4.78 is 7.43. The molecule has 3 heterocycles. The Kier molecular flexibility index (Phi) is 19.5. The van der Waals surface area contributed by atoms with Crippen LogP contribution in [-0.4, -0.2) is 159 Å². The van der Waals surface area contributed by atoms with Gasteiger partial charge in [0, 0.05) is 13.1 Å². The Morgan fingerprint density at radius 2 is 1.55 bits per heavy atom. The third kappa shape index (κ3) is 14.4. The molecule has 25 heteroatoms. The van der Waals surface area contributed by atoms with Gasteiger partial charge in [-0.15, -0.1) is 0 Å². The third-order valence-corrected chi connectivity index (χ3v) is 8.89. The first kappa shape index (κ1) is 46.8. The SMILES string of the molecule is NCCCC[C@H](NC(=O)CNC(=O)[C@H](CCCN=C(N)NCCC[C@H]1O[C@@H](n2cnc3c(N)ncnc32)[C@H](O)[C@@H]1O)NC(=O)CNC(=O)[C@@H](N)CO)C(=O)NCC=O. The van der Waals surface area contributed by atoms with Gasteiger partial charge < -0.3 is 79.7 Å². The van der Waals surface area contributed by atoms with Crippen LogP contribution in [0, 0.1) is 0 Å². The van der Waals surface area contributed by atoms with Crippen molar-refractivity contribution in [3.63, 3.8) is 0 Å². The minimum Gasteiger partial charge on any atom is -0.394 e. The molecule has 7 atom stereocenters. The number of aromatic nitrogens is 4. The number of aliphatic hydroxyl groups excluding tert-OH is 3. The number of rotatable bonds is 25. The van der Waals surface area contributed by atoms with Gasteiger partial charge in [0.05, 0.1) is 38.7 Å². The average molecular weight is 822 g/mol. The number of ether oxygens (including phenoxy) is 1. The molecule has 0 aromatic carbocycles. The van der Waals surface area contributed by atoms with Crippen LogP contribution in [0.15, 0.2) is 17.6 Å². The van der Waals surface area contributed by atoms with Gasteiger partial charge in [-0.1, -0.05) is 0 Å². The van der Waals surface area contributed by atoms with E-state index in [2.05, 4.69) is 51.8 Å². The van der Waals surface area contributed by atoms with Crippen LogP contribution in [0.1, 0.15) is 51.2 Å². The number of amides is 5. The van der Waals surface area contributed by atoms with E-state index in [9.17, 15) is 39.0 Å². The van der Waals surface area contributed by atoms with Gasteiger partial charge in [0.1, 0.15) is 48.5 Å². The quantitative estimate of drug-likeness (QED) is 0.0192. The number of imidazole rings is 1. The summed E-state index contributed by atoms with van der Waals surface area (Å²) in [4.78, 5) is 90.0. The number of aliphatic imine (C=N–C) groups is 1. The fourth-order valence-electron chi connectivity index (χ4n) is 5.78. The monoisotopic (exact) mass is 821 g/mol. The molecule has 1 aliphatic rings. The van der Waals surface area contributed by atoms with Gasteiger partial charge in [0.25, 0.3) is 0 Å². The van der Waals surface area contributed by atoms with E-state index in [4.69, 9.17) is 32.8 Å². The molecule has 1 aliphatic heterocycles. The number of aliphatic hydroxyl groups is 3. The number of carbonyl (C=O) groups excluding carboxylic acids is 6. The number of hydrogen-bond donors (Lipinski definition) is 13. The van der Waals surface area contributed by atoms with Crippen LogP contribution in [0.2, 0.25) is 0 Å². The zero-order valence-electron chi connectivity index (χ0n) is 31.9. The molecule has 0 unspecified atom stereocenters. The maximum absolute atomic E-state index is 13.2. The van der Waals surface area contributed by atoms with Gasteiger partial charge in [0.15, 0.2) is 23.7 Å². The second-order valence-electron chi connectivity index (χ2n) is 13.3. The van der Waals surface area contributed by atoms with E-state index in [-0.39, 0.29) is 44.1 Å². The maximum Gasteiger partial charge on any atom is 0.243 e. The molecule has 2 aromatic heterocycles. The van der Waals surface area contributed by atoms with Crippen molar-refractivity contribution in [2.45, 2.75) is 87.6 Å². The Hall–Kier alpha value is -5.60. The van der Waals surface area contributed by atoms with Crippen molar-refractivity contribution < 1.29 is 48.8 Å². The summed E-state index contributed by atoms with van der Waals surface area (Å²) >= 11 is 0. The molecule has 5 amide bonds. The van der Waals surface area contributed by atoms with Crippen molar-refractivity contribution in [1.82, 2.24) is 51.4 Å². The molecule has 0 aliphatic carbocycles. The van der Waals surface area contributed by atoms with Gasteiger partial charge >= 0.3 is 0 Å². The number of aldehydes is 1. The molecule has 0 radical (unpaired) electrons. The number of nitrogen functional groups attached to an aromatic ring is 1. The summed E-state index contributed by atoms with van der Waals surface area (Å²) in [7, 11) is 0. The predicted octanol–water partition coefficient (Wildman–Crippen LogP) is -6.54. The smallest absolute Gasteiger partial charge is 0.243 e. The second-order valence-corrected chi connectivity index (χ2v) is 13.3. The van der Waals surface area contributed by atoms with Gasteiger partial charge in [-0.05, 0) is 51.5 Å². The van der Waals surface area contributed by atoms with Gasteiger partial charge in [0.2, 0.25) is 29.5 Å². The minimum atomic E-state index is -1.26. The Morgan fingerprint density at radius 3 is 2.21 bits per heavy atom. The highest BCUT2D eigenvalue weighted by Gasteiger charge is 2.44. The minimum absolute atomic E-state index is 0.0289. The van der Waals surface area contributed by atoms with Crippen molar-refractivity contribution in [1.29, 1.82) is 0 Å². The molecule has 1 fully saturated rings. The lowest BCUT2D eigenvalue weighted by Gasteiger charge is -2.20. The summed E-state index contributed by atoms with van der Waals surface area (Å²) in [5.74, 6) is -3.33. The van der Waals surface area contributed by atoms with E-state index in [1.165, 1.54) is 17.2 Å². The Bertz CT molecular complexity index is 1710. The summed E-state index contributed by atoms with van der Waals surface area (Å²) in [6.45, 7) is -1.17. The first-order chi connectivity index (χ1) is 27.8. The van der Waals surface area contributed by atoms with Crippen LogP contribution in [-0.2, 0) is 33.5 Å². The summed E-state index contributed by atoms with van der Waals surface area (Å²) in [6, 6.07) is -3.42. The number of nitrogens with one attached hydrogen (secondary N) is 6. The largest absolute Gasteiger partial charge is 0.394 e. The van der Waals surface area contributed by atoms with Crippen LogP contribution >= 0.6 is 0 Å². The zero-order chi connectivity index (χ0) is 42.6. The lowest BCUT2D eigenvalue weighted by atomic mass is 10.1. The molecule has 1 saturated heterocycles. The lowest BCUT2D eigenvalue weighted by Crippen LogP contribution is -2.53. The van der Waals surface area contributed by atoms with Gasteiger partial charge in [-0.2, -0.15) is 0 Å². The Labute approximate surface area is 332 Å². The maximum atomic E-state index is 13.2. The fourth-order valence-corrected chi connectivity index (χ4v) is 5.78. The van der Waals surface area contributed by atoms with E-state index >= 15 is 0 Å². The lowest BCUT2D eigenvalue weighted by molar-refractivity contribution is -0.132. The highest BCUT2D eigenvalue weighted by molar-refractivity contribution is 5.94. The molecule has 3 rings (SSSR count). The number of nitrogens with zero attached hydrogens (tertiary/aromatic N) is 5. The van der Waals surface area contributed by atoms with Crippen molar-refractivity contribution in [3.8, 4) is 0 Å². The Balaban J connectivity index is 1.49. The molecular formula is C33H55N15O10. The van der Waals surface area contributed by atoms with Crippen LogP contribution in [0.25, 0.3) is 11.2 Å². The first-order valence-electron chi connectivity index (χ1n) is 18.7. The highest BCUT2D eigenvalue weighted by Crippen LogP contribution is 2.33. The van der Waals surface area contributed by atoms with Crippen LogP contribution < -0.4 is 54.8 Å². The van der Waals surface area contributed by atoms with E-state index in [1.54, 1.807) is 0 Å². The number of unbranched alkanes of at least 4 members (excludes halogenated alkanes) is 1. The van der Waals surface area contributed by atoms with Crippen LogP contribution in [0.5, 0.6) is 0 Å². The summed E-state index contributed by atoms with van der Waals surface area (Å²) in [5.41, 5.74) is 23.5. The first-order valence-corrected chi connectivity index (χ1v) is 18.7. The summed E-state index contributed by atoms with van der Waals surface area (Å²) in [5, 5.41) is 45.4. The molecule has 0 bridgehead atoms. The number of fused-ring (bicyclic) bond motifs is 1. The summed E-state index contributed by atoms with van der Waals surface area (Å²) in [6.07, 6.45) is 1.48. The van der Waals surface area contributed by atoms with Gasteiger partial charge in [-0.3, -0.25) is 33.5 Å². The average Bonchev–Trinajstić information content (AvgIpc) is 3.77. The molecule has 322 valence electrons. The fraction of sp³-hybridized carbons (Fsp3) is 0.636.